The molecule has 3 fully saturated rings. The van der Waals surface area contributed by atoms with E-state index in [2.05, 4.69) is 17.0 Å². The highest BCUT2D eigenvalue weighted by molar-refractivity contribution is 7.89. The number of phenols is 1. The number of hydrogen-bond donors (Lipinski definition) is 1. The summed E-state index contributed by atoms with van der Waals surface area (Å²) in [5.41, 5.74) is 2.04. The van der Waals surface area contributed by atoms with Crippen molar-refractivity contribution in [3.8, 4) is 5.75 Å². The number of piperidine rings is 1. The number of carbonyl (C=O) groups is 1. The second-order valence-corrected chi connectivity index (χ2v) is 14.0. The molecule has 222 valence electrons. The Balaban J connectivity index is 1.13. The average Bonchev–Trinajstić information content (AvgIpc) is 3.24. The summed E-state index contributed by atoms with van der Waals surface area (Å²) in [4.78, 5) is 17.2. The van der Waals surface area contributed by atoms with Gasteiger partial charge in [-0.2, -0.15) is 4.31 Å². The van der Waals surface area contributed by atoms with E-state index in [-0.39, 0.29) is 39.2 Å². The molecular formula is C32H35ClFN3O4S. The van der Waals surface area contributed by atoms with Gasteiger partial charge in [-0.3, -0.25) is 4.79 Å². The molecule has 0 saturated carbocycles. The number of anilines is 1. The molecule has 1 amide bonds. The third kappa shape index (κ3) is 5.74. The summed E-state index contributed by atoms with van der Waals surface area (Å²) in [6.45, 7) is 1.76. The minimum absolute atomic E-state index is 0.0202. The van der Waals surface area contributed by atoms with E-state index in [0.717, 1.165) is 44.6 Å². The van der Waals surface area contributed by atoms with Crippen LogP contribution in [0.2, 0.25) is 5.02 Å². The van der Waals surface area contributed by atoms with Gasteiger partial charge in [0.25, 0.3) is 5.91 Å². The molecule has 6 rings (SSSR count). The van der Waals surface area contributed by atoms with Gasteiger partial charge in [0.15, 0.2) is 0 Å². The van der Waals surface area contributed by atoms with Crippen LogP contribution in [0, 0.1) is 11.7 Å². The fourth-order valence-corrected chi connectivity index (χ4v) is 8.51. The molecular weight excluding hydrogens is 577 g/mol. The van der Waals surface area contributed by atoms with Gasteiger partial charge in [0, 0.05) is 38.3 Å². The van der Waals surface area contributed by atoms with Gasteiger partial charge < -0.3 is 14.9 Å². The second-order valence-electron chi connectivity index (χ2n) is 11.6. The molecule has 2 bridgehead atoms. The zero-order valence-corrected chi connectivity index (χ0v) is 24.9. The Bertz CT molecular complexity index is 1550. The zero-order chi connectivity index (χ0) is 29.4. The van der Waals surface area contributed by atoms with Crippen molar-refractivity contribution in [2.75, 3.05) is 31.1 Å². The third-order valence-electron chi connectivity index (χ3n) is 9.05. The van der Waals surface area contributed by atoms with E-state index in [1.54, 1.807) is 15.3 Å². The Morgan fingerprint density at radius 3 is 2.29 bits per heavy atom. The molecule has 10 heteroatoms. The lowest BCUT2D eigenvalue weighted by molar-refractivity contribution is 0.0718. The molecule has 3 heterocycles. The van der Waals surface area contributed by atoms with Crippen molar-refractivity contribution < 1.29 is 22.7 Å². The van der Waals surface area contributed by atoms with E-state index in [9.17, 15) is 22.7 Å². The van der Waals surface area contributed by atoms with Crippen LogP contribution in [0.4, 0.5) is 10.1 Å². The monoisotopic (exact) mass is 611 g/mol. The molecule has 1 N–H and O–H groups in total. The van der Waals surface area contributed by atoms with Crippen LogP contribution in [0.5, 0.6) is 5.75 Å². The lowest BCUT2D eigenvalue weighted by atomic mass is 9.91. The van der Waals surface area contributed by atoms with Crippen LogP contribution < -0.4 is 4.90 Å². The van der Waals surface area contributed by atoms with Crippen molar-refractivity contribution in [1.82, 2.24) is 9.21 Å². The minimum Gasteiger partial charge on any atom is -0.506 e. The predicted octanol–water partition coefficient (Wildman–Crippen LogP) is 5.71. The molecule has 2 unspecified atom stereocenters. The van der Waals surface area contributed by atoms with Crippen LogP contribution in [0.25, 0.3) is 0 Å². The minimum atomic E-state index is -3.73. The predicted molar refractivity (Wildman–Crippen MR) is 161 cm³/mol. The van der Waals surface area contributed by atoms with Crippen molar-refractivity contribution in [3.05, 3.63) is 88.7 Å². The Hall–Kier alpha value is -3.14. The highest BCUT2D eigenvalue weighted by atomic mass is 35.5. The second kappa shape index (κ2) is 11.9. The smallest absolute Gasteiger partial charge is 0.255 e. The average molecular weight is 612 g/mol. The van der Waals surface area contributed by atoms with Gasteiger partial charge in [0.1, 0.15) is 11.6 Å². The first-order chi connectivity index (χ1) is 20.2. The van der Waals surface area contributed by atoms with Crippen LogP contribution in [0.3, 0.4) is 0 Å². The number of likely N-dealkylation sites (tertiary alicyclic amines) is 1. The van der Waals surface area contributed by atoms with Crippen LogP contribution in [-0.2, 0) is 16.4 Å². The summed E-state index contributed by atoms with van der Waals surface area (Å²) in [6, 6.07) is 18.5. The quantitative estimate of drug-likeness (QED) is 0.370. The van der Waals surface area contributed by atoms with Gasteiger partial charge in [0.2, 0.25) is 10.0 Å². The number of phenolic OH excluding ortho intramolecular Hbond substituents is 1. The van der Waals surface area contributed by atoms with Crippen LogP contribution in [0.15, 0.2) is 71.6 Å². The van der Waals surface area contributed by atoms with Crippen molar-refractivity contribution in [2.45, 2.75) is 55.5 Å². The van der Waals surface area contributed by atoms with Gasteiger partial charge in [-0.05, 0) is 86.4 Å². The maximum atomic E-state index is 13.7. The number of aryl methyl sites for hydroxylation is 1. The van der Waals surface area contributed by atoms with E-state index >= 15 is 0 Å². The lowest BCUT2D eigenvalue weighted by Crippen LogP contribution is -2.55. The molecule has 3 aromatic rings. The lowest BCUT2D eigenvalue weighted by Gasteiger charge is -2.43. The summed E-state index contributed by atoms with van der Waals surface area (Å²) < 4.78 is 42.5. The molecule has 0 spiro atoms. The van der Waals surface area contributed by atoms with Gasteiger partial charge in [-0.1, -0.05) is 41.9 Å². The first-order valence-electron chi connectivity index (χ1n) is 14.6. The summed E-state index contributed by atoms with van der Waals surface area (Å²) >= 11 is 6.16. The number of nitrogens with zero attached hydrogens (tertiary/aromatic N) is 3. The molecule has 0 aliphatic carbocycles. The fraction of sp³-hybridized carbons (Fsp3) is 0.406. The molecule has 0 radical (unpaired) electrons. The number of amides is 1. The van der Waals surface area contributed by atoms with E-state index in [1.165, 1.54) is 29.8 Å². The number of fused-ring (bicyclic) bond motifs is 2. The Morgan fingerprint density at radius 2 is 1.62 bits per heavy atom. The largest absolute Gasteiger partial charge is 0.506 e. The van der Waals surface area contributed by atoms with Crippen LogP contribution in [-0.4, -0.2) is 66.9 Å². The summed E-state index contributed by atoms with van der Waals surface area (Å²) in [7, 11) is -3.73. The highest BCUT2D eigenvalue weighted by Crippen LogP contribution is 2.41. The van der Waals surface area contributed by atoms with Crippen molar-refractivity contribution >= 4 is 33.2 Å². The first kappa shape index (κ1) is 29.0. The maximum absolute atomic E-state index is 13.7. The standard InChI is InChI=1S/C32H35ClFN3O4S/c33-29-18-24(34)8-12-28(29)32(39)35-20-25-9-10-26(21-35)37(25)30-19-27(11-13-31(30)38)42(40,41)36-16-14-23(15-17-36)7-6-22-4-2-1-3-5-22/h1-5,8,11-13,18-19,23,25-26,38H,6-7,9-10,14-17,20-21H2. The van der Waals surface area contributed by atoms with E-state index in [1.807, 2.05) is 18.2 Å². The van der Waals surface area contributed by atoms with Crippen molar-refractivity contribution in [3.63, 3.8) is 0 Å². The van der Waals surface area contributed by atoms with E-state index in [0.29, 0.717) is 37.8 Å². The first-order valence-corrected chi connectivity index (χ1v) is 16.4. The van der Waals surface area contributed by atoms with Gasteiger partial charge in [0.05, 0.1) is 21.2 Å². The normalized spacial score (nSPS) is 21.6. The molecule has 3 saturated heterocycles. The third-order valence-corrected chi connectivity index (χ3v) is 11.3. The maximum Gasteiger partial charge on any atom is 0.255 e. The number of sulfonamides is 1. The summed E-state index contributed by atoms with van der Waals surface area (Å²) in [5, 5.41) is 10.9. The van der Waals surface area contributed by atoms with Crippen molar-refractivity contribution in [1.29, 1.82) is 0 Å². The molecule has 2 atom stereocenters. The van der Waals surface area contributed by atoms with Crippen molar-refractivity contribution in [2.24, 2.45) is 5.92 Å². The number of carbonyl (C=O) groups excluding carboxylic acids is 1. The molecule has 42 heavy (non-hydrogen) atoms. The fourth-order valence-electron chi connectivity index (χ4n) is 6.77. The number of piperazine rings is 1. The number of hydrogen-bond acceptors (Lipinski definition) is 5. The Labute approximate surface area is 251 Å². The van der Waals surface area contributed by atoms with Crippen LogP contribution >= 0.6 is 11.6 Å². The molecule has 3 aliphatic heterocycles. The van der Waals surface area contributed by atoms with Gasteiger partial charge in [-0.25, -0.2) is 12.8 Å². The molecule has 3 aliphatic rings. The Morgan fingerprint density at radius 1 is 0.929 bits per heavy atom. The molecule has 0 aromatic heterocycles. The van der Waals surface area contributed by atoms with E-state index < -0.39 is 15.8 Å². The summed E-state index contributed by atoms with van der Waals surface area (Å²) in [5.74, 6) is -0.248. The number of halogens is 2. The Kier molecular flexibility index (Phi) is 8.18. The number of rotatable bonds is 7. The number of benzene rings is 3. The summed E-state index contributed by atoms with van der Waals surface area (Å²) in [6.07, 6.45) is 5.31. The SMILES string of the molecule is O=C(c1ccc(F)cc1Cl)N1CC2CCC(C1)N2c1cc(S(=O)(=O)N2CCC(CCc3ccccc3)CC2)ccc1O. The van der Waals surface area contributed by atoms with Crippen LogP contribution in [0.1, 0.15) is 48.0 Å². The topological polar surface area (TPSA) is 81.2 Å². The number of aromatic hydroxyl groups is 1. The van der Waals surface area contributed by atoms with Gasteiger partial charge in [-0.15, -0.1) is 0 Å². The molecule has 3 aromatic carbocycles. The van der Waals surface area contributed by atoms with E-state index in [4.69, 9.17) is 11.6 Å². The highest BCUT2D eigenvalue weighted by Gasteiger charge is 2.43. The van der Waals surface area contributed by atoms with Gasteiger partial charge >= 0.3 is 0 Å². The molecule has 7 nitrogen and oxygen atoms in total. The zero-order valence-electron chi connectivity index (χ0n) is 23.3.